The van der Waals surface area contributed by atoms with Gasteiger partial charge in [0.05, 0.1) is 19.2 Å². The fourth-order valence-electron chi connectivity index (χ4n) is 4.40. The minimum absolute atomic E-state index is 0.110. The van der Waals surface area contributed by atoms with Gasteiger partial charge in [-0.25, -0.2) is 0 Å². The Bertz CT molecular complexity index is 698. The highest BCUT2D eigenvalue weighted by Gasteiger charge is 2.42. The number of quaternary nitrogens is 1. The molecule has 1 amide bonds. The van der Waals surface area contributed by atoms with Crippen molar-refractivity contribution in [2.45, 2.75) is 57.0 Å². The smallest absolute Gasteiger partial charge is 0.281 e. The number of likely N-dealkylation sites (N-methyl/N-ethyl adjacent to an activating group) is 1. The summed E-state index contributed by atoms with van der Waals surface area (Å²) in [4.78, 5) is 16.2. The van der Waals surface area contributed by atoms with Gasteiger partial charge in [-0.1, -0.05) is 49.6 Å². The van der Waals surface area contributed by atoms with Crippen LogP contribution in [0, 0.1) is 11.3 Å². The fraction of sp³-hybridized carbons (Fsp3) is 0.545. The van der Waals surface area contributed by atoms with Crippen LogP contribution in [0.25, 0.3) is 5.57 Å². The van der Waals surface area contributed by atoms with Gasteiger partial charge in [-0.3, -0.25) is 4.79 Å². The molecule has 0 saturated heterocycles. The van der Waals surface area contributed by atoms with E-state index in [0.717, 1.165) is 45.2 Å². The summed E-state index contributed by atoms with van der Waals surface area (Å²) < 4.78 is 0. The first-order chi connectivity index (χ1) is 12.6. The standard InChI is InChI=1S/C22H29N3O/c1-18(21(26)24(2)22(17-23)13-7-4-8-14-22)25-15-11-20(12-16-25)19-9-5-3-6-10-19/h3,5-6,9-11,18H,4,7-8,12-16H2,1-2H3/p+1/t18-/m1/s1. The number of benzene rings is 1. The number of carbonyl (C=O) groups is 1. The van der Waals surface area contributed by atoms with Crippen LogP contribution in [0.2, 0.25) is 0 Å². The Hall–Kier alpha value is -2.12. The second-order valence-electron chi connectivity index (χ2n) is 7.78. The molecule has 1 N–H and O–H groups in total. The van der Waals surface area contributed by atoms with Gasteiger partial charge >= 0.3 is 0 Å². The topological polar surface area (TPSA) is 48.5 Å². The summed E-state index contributed by atoms with van der Waals surface area (Å²) in [5.74, 6) is 0.111. The Balaban J connectivity index is 1.66. The predicted molar refractivity (Wildman–Crippen MR) is 103 cm³/mol. The molecule has 0 aromatic heterocycles. The van der Waals surface area contributed by atoms with Crippen LogP contribution < -0.4 is 4.90 Å². The summed E-state index contributed by atoms with van der Waals surface area (Å²) in [5, 5.41) is 9.75. The van der Waals surface area contributed by atoms with Gasteiger partial charge < -0.3 is 9.80 Å². The minimum atomic E-state index is -0.593. The molecule has 0 spiro atoms. The van der Waals surface area contributed by atoms with Gasteiger partial charge in [-0.05, 0) is 37.0 Å². The van der Waals surface area contributed by atoms with Gasteiger partial charge in [0.2, 0.25) is 0 Å². The summed E-state index contributed by atoms with van der Waals surface area (Å²) in [6.45, 7) is 3.84. The lowest BCUT2D eigenvalue weighted by Crippen LogP contribution is -3.17. The molecule has 1 saturated carbocycles. The minimum Gasteiger partial charge on any atom is -0.322 e. The fourth-order valence-corrected chi connectivity index (χ4v) is 4.40. The van der Waals surface area contributed by atoms with Gasteiger partial charge in [0.1, 0.15) is 5.54 Å². The van der Waals surface area contributed by atoms with Crippen molar-refractivity contribution in [1.82, 2.24) is 4.90 Å². The molecule has 0 bridgehead atoms. The van der Waals surface area contributed by atoms with E-state index in [-0.39, 0.29) is 11.9 Å². The Morgan fingerprint density at radius 1 is 1.23 bits per heavy atom. The van der Waals surface area contributed by atoms with Gasteiger partial charge in [-0.2, -0.15) is 5.26 Å². The average molecular weight is 353 g/mol. The van der Waals surface area contributed by atoms with Gasteiger partial charge in [-0.15, -0.1) is 0 Å². The first-order valence-electron chi connectivity index (χ1n) is 9.85. The van der Waals surface area contributed by atoms with Crippen LogP contribution in [0.5, 0.6) is 0 Å². The molecular formula is C22H30N3O+. The summed E-state index contributed by atoms with van der Waals surface area (Å²) in [7, 11) is 1.84. The van der Waals surface area contributed by atoms with Crippen LogP contribution >= 0.6 is 0 Å². The lowest BCUT2D eigenvalue weighted by Gasteiger charge is -2.41. The van der Waals surface area contributed by atoms with Crippen molar-refractivity contribution in [1.29, 1.82) is 5.26 Å². The van der Waals surface area contributed by atoms with Crippen LogP contribution in [0.15, 0.2) is 36.4 Å². The third-order valence-electron chi connectivity index (χ3n) is 6.31. The quantitative estimate of drug-likeness (QED) is 0.905. The van der Waals surface area contributed by atoms with Crippen LogP contribution in [0.1, 0.15) is 51.0 Å². The number of rotatable bonds is 4. The number of nitriles is 1. The number of amides is 1. The maximum Gasteiger partial charge on any atom is 0.281 e. The van der Waals surface area contributed by atoms with E-state index in [1.807, 2.05) is 20.0 Å². The van der Waals surface area contributed by atoms with E-state index in [1.165, 1.54) is 22.5 Å². The largest absolute Gasteiger partial charge is 0.322 e. The first-order valence-corrected chi connectivity index (χ1v) is 9.85. The van der Waals surface area contributed by atoms with E-state index in [2.05, 4.69) is 36.4 Å². The number of hydrogen-bond donors (Lipinski definition) is 1. The Morgan fingerprint density at radius 2 is 1.92 bits per heavy atom. The van der Waals surface area contributed by atoms with E-state index in [9.17, 15) is 10.1 Å². The number of hydrogen-bond acceptors (Lipinski definition) is 2. The average Bonchev–Trinajstić information content (AvgIpc) is 2.73. The van der Waals surface area contributed by atoms with Gasteiger partial charge in [0, 0.05) is 13.5 Å². The molecule has 2 aliphatic rings. The highest BCUT2D eigenvalue weighted by Crippen LogP contribution is 2.32. The van der Waals surface area contributed by atoms with Crippen molar-refractivity contribution in [3.63, 3.8) is 0 Å². The van der Waals surface area contributed by atoms with Crippen molar-refractivity contribution in [3.8, 4) is 6.07 Å². The van der Waals surface area contributed by atoms with Crippen molar-refractivity contribution < 1.29 is 9.69 Å². The normalized spacial score (nSPS) is 23.4. The number of nitrogens with one attached hydrogen (secondary N) is 1. The van der Waals surface area contributed by atoms with Crippen molar-refractivity contribution in [2.24, 2.45) is 0 Å². The molecule has 1 aromatic rings. The molecule has 2 atom stereocenters. The molecule has 4 heteroatoms. The zero-order valence-electron chi connectivity index (χ0n) is 16.0. The second kappa shape index (κ2) is 8.05. The highest BCUT2D eigenvalue weighted by molar-refractivity contribution is 5.81. The summed E-state index contributed by atoms with van der Waals surface area (Å²) >= 11 is 0. The highest BCUT2D eigenvalue weighted by atomic mass is 16.2. The SMILES string of the molecule is C[C@H](C(=O)N(C)C1(C#N)CCCCC1)[NH+]1CC=C(c2ccccc2)CC1. The molecule has 1 heterocycles. The van der Waals surface area contributed by atoms with E-state index in [1.54, 1.807) is 4.90 Å². The van der Waals surface area contributed by atoms with Crippen molar-refractivity contribution >= 4 is 11.5 Å². The number of carbonyl (C=O) groups excluding carboxylic acids is 1. The van der Waals surface area contributed by atoms with Crippen LogP contribution in [-0.2, 0) is 4.79 Å². The van der Waals surface area contributed by atoms with Gasteiger partial charge in [0.15, 0.2) is 6.04 Å². The molecule has 4 nitrogen and oxygen atoms in total. The molecular weight excluding hydrogens is 322 g/mol. The molecule has 3 rings (SSSR count). The number of nitrogens with zero attached hydrogens (tertiary/aromatic N) is 2. The van der Waals surface area contributed by atoms with E-state index < -0.39 is 5.54 Å². The Labute approximate surface area is 157 Å². The van der Waals surface area contributed by atoms with E-state index >= 15 is 0 Å². The van der Waals surface area contributed by atoms with Crippen molar-refractivity contribution in [2.75, 3.05) is 20.1 Å². The maximum atomic E-state index is 13.1. The summed E-state index contributed by atoms with van der Waals surface area (Å²) in [5.41, 5.74) is 2.07. The Morgan fingerprint density at radius 3 is 2.50 bits per heavy atom. The van der Waals surface area contributed by atoms with Crippen LogP contribution in [0.4, 0.5) is 0 Å². The van der Waals surface area contributed by atoms with Gasteiger partial charge in [0.25, 0.3) is 5.91 Å². The predicted octanol–water partition coefficient (Wildman–Crippen LogP) is 2.43. The maximum absolute atomic E-state index is 13.1. The van der Waals surface area contributed by atoms with Crippen molar-refractivity contribution in [3.05, 3.63) is 42.0 Å². The second-order valence-corrected chi connectivity index (χ2v) is 7.78. The third-order valence-corrected chi connectivity index (χ3v) is 6.31. The van der Waals surface area contributed by atoms with E-state index in [0.29, 0.717) is 0 Å². The van der Waals surface area contributed by atoms with Crippen LogP contribution in [-0.4, -0.2) is 42.5 Å². The third kappa shape index (κ3) is 3.68. The molecule has 1 aliphatic heterocycles. The molecule has 1 unspecified atom stereocenters. The molecule has 26 heavy (non-hydrogen) atoms. The zero-order chi connectivity index (χ0) is 18.6. The molecule has 1 aliphatic carbocycles. The zero-order valence-corrected chi connectivity index (χ0v) is 16.0. The molecule has 138 valence electrons. The molecule has 1 aromatic carbocycles. The summed E-state index contributed by atoms with van der Waals surface area (Å²) in [6, 6.07) is 12.8. The molecule has 1 fully saturated rings. The summed E-state index contributed by atoms with van der Waals surface area (Å²) in [6.07, 6.45) is 8.14. The van der Waals surface area contributed by atoms with Crippen LogP contribution in [0.3, 0.4) is 0 Å². The van der Waals surface area contributed by atoms with E-state index in [4.69, 9.17) is 0 Å². The molecule has 0 radical (unpaired) electrons. The lowest BCUT2D eigenvalue weighted by molar-refractivity contribution is -0.909. The Kier molecular flexibility index (Phi) is 5.78. The lowest BCUT2D eigenvalue weighted by atomic mass is 9.81. The first kappa shape index (κ1) is 18.7. The monoisotopic (exact) mass is 352 g/mol.